The first-order valence-electron chi connectivity index (χ1n) is 4.43. The number of hydrogen-bond donors (Lipinski definition) is 1. The van der Waals surface area contributed by atoms with Crippen LogP contribution in [0.2, 0.25) is 0 Å². The van der Waals surface area contributed by atoms with Crippen LogP contribution < -0.4 is 0 Å². The normalized spacial score (nSPS) is 10.2. The van der Waals surface area contributed by atoms with Gasteiger partial charge in [-0.3, -0.25) is 0 Å². The molecule has 0 heterocycles. The van der Waals surface area contributed by atoms with E-state index in [9.17, 15) is 5.11 Å². The fourth-order valence-corrected chi connectivity index (χ4v) is 1.39. The standard InChI is InChI=1S/C10H15O2P/c11-10-7-2-1-5-9(10)6-3-4-8-12-13/h1-2,5,7,11H,3-4,6,8,13H2. The molecule has 0 fully saturated rings. The van der Waals surface area contributed by atoms with Crippen LogP contribution in [0.3, 0.4) is 0 Å². The summed E-state index contributed by atoms with van der Waals surface area (Å²) in [6.45, 7) is 0.762. The maximum atomic E-state index is 9.43. The van der Waals surface area contributed by atoms with Crippen molar-refractivity contribution < 1.29 is 9.63 Å². The molecule has 1 aromatic carbocycles. The van der Waals surface area contributed by atoms with Gasteiger partial charge >= 0.3 is 0 Å². The van der Waals surface area contributed by atoms with Gasteiger partial charge in [0.25, 0.3) is 0 Å². The summed E-state index contributed by atoms with van der Waals surface area (Å²) in [4.78, 5) is 0. The van der Waals surface area contributed by atoms with Gasteiger partial charge in [0.15, 0.2) is 0 Å². The summed E-state index contributed by atoms with van der Waals surface area (Å²) in [5, 5.41) is 9.43. The van der Waals surface area contributed by atoms with Gasteiger partial charge in [-0.15, -0.1) is 0 Å². The summed E-state index contributed by atoms with van der Waals surface area (Å²) in [5.41, 5.74) is 1.02. The Morgan fingerprint density at radius 1 is 1.23 bits per heavy atom. The van der Waals surface area contributed by atoms with Gasteiger partial charge in [0, 0.05) is 9.47 Å². The van der Waals surface area contributed by atoms with Crippen LogP contribution in [0.5, 0.6) is 5.75 Å². The molecule has 13 heavy (non-hydrogen) atoms. The highest BCUT2D eigenvalue weighted by Crippen LogP contribution is 2.17. The molecule has 0 aromatic heterocycles. The lowest BCUT2D eigenvalue weighted by molar-refractivity contribution is 0.356. The average molecular weight is 198 g/mol. The van der Waals surface area contributed by atoms with Crippen LogP contribution in [0.1, 0.15) is 18.4 Å². The van der Waals surface area contributed by atoms with Crippen LogP contribution in [0.25, 0.3) is 0 Å². The van der Waals surface area contributed by atoms with Crippen molar-refractivity contribution in [2.45, 2.75) is 19.3 Å². The van der Waals surface area contributed by atoms with E-state index in [2.05, 4.69) is 9.47 Å². The number of benzene rings is 1. The second kappa shape index (κ2) is 5.95. The number of hydrogen-bond acceptors (Lipinski definition) is 2. The van der Waals surface area contributed by atoms with Crippen molar-refractivity contribution in [3.8, 4) is 5.75 Å². The van der Waals surface area contributed by atoms with Gasteiger partial charge in [0.1, 0.15) is 5.75 Å². The first-order chi connectivity index (χ1) is 6.34. The molecule has 0 aliphatic heterocycles. The quantitative estimate of drug-likeness (QED) is 0.582. The Morgan fingerprint density at radius 2 is 2.00 bits per heavy atom. The second-order valence-corrected chi connectivity index (χ2v) is 3.29. The summed E-state index contributed by atoms with van der Waals surface area (Å²) < 4.78 is 4.86. The number of rotatable bonds is 5. The number of phenols is 1. The zero-order valence-electron chi connectivity index (χ0n) is 7.57. The number of unbranched alkanes of at least 4 members (excludes halogenated alkanes) is 1. The fourth-order valence-electron chi connectivity index (χ4n) is 1.22. The Labute approximate surface area is 81.2 Å². The monoisotopic (exact) mass is 198 g/mol. The minimum absolute atomic E-state index is 0.397. The van der Waals surface area contributed by atoms with Crippen LogP contribution in [0, 0.1) is 0 Å². The van der Waals surface area contributed by atoms with Crippen LogP contribution >= 0.6 is 9.47 Å². The number of aromatic hydroxyl groups is 1. The zero-order chi connectivity index (χ0) is 9.52. The molecule has 1 atom stereocenters. The molecule has 0 saturated heterocycles. The Bertz CT molecular complexity index is 250. The predicted octanol–water partition coefficient (Wildman–Crippen LogP) is 2.52. The number of para-hydroxylation sites is 1. The van der Waals surface area contributed by atoms with Crippen LogP contribution in [-0.4, -0.2) is 11.7 Å². The molecule has 0 aliphatic rings. The lowest BCUT2D eigenvalue weighted by Gasteiger charge is -2.03. The summed E-state index contributed by atoms with van der Waals surface area (Å²) in [7, 11) is 2.24. The molecule has 0 aliphatic carbocycles. The molecule has 0 saturated carbocycles. The van der Waals surface area contributed by atoms with E-state index < -0.39 is 0 Å². The first kappa shape index (κ1) is 10.5. The molecule has 1 aromatic rings. The minimum Gasteiger partial charge on any atom is -0.508 e. The van der Waals surface area contributed by atoms with E-state index in [0.29, 0.717) is 5.75 Å². The Hall–Kier alpha value is -0.590. The second-order valence-electron chi connectivity index (χ2n) is 2.96. The van der Waals surface area contributed by atoms with Crippen molar-refractivity contribution in [3.63, 3.8) is 0 Å². The average Bonchev–Trinajstić information content (AvgIpc) is 2.15. The van der Waals surface area contributed by atoms with Gasteiger partial charge in [-0.1, -0.05) is 18.2 Å². The maximum Gasteiger partial charge on any atom is 0.118 e. The van der Waals surface area contributed by atoms with E-state index in [1.165, 1.54) is 0 Å². The van der Waals surface area contributed by atoms with Gasteiger partial charge in [-0.2, -0.15) is 0 Å². The van der Waals surface area contributed by atoms with Crippen molar-refractivity contribution in [3.05, 3.63) is 29.8 Å². The van der Waals surface area contributed by atoms with E-state index in [1.54, 1.807) is 6.07 Å². The Morgan fingerprint density at radius 3 is 2.69 bits per heavy atom. The van der Waals surface area contributed by atoms with Gasteiger partial charge in [0.2, 0.25) is 0 Å². The van der Waals surface area contributed by atoms with Crippen LogP contribution in [-0.2, 0) is 10.9 Å². The lowest BCUT2D eigenvalue weighted by atomic mass is 10.1. The number of aryl methyl sites for hydroxylation is 1. The van der Waals surface area contributed by atoms with Gasteiger partial charge in [-0.05, 0) is 30.9 Å². The van der Waals surface area contributed by atoms with Crippen LogP contribution in [0.15, 0.2) is 24.3 Å². The smallest absolute Gasteiger partial charge is 0.118 e. The van der Waals surface area contributed by atoms with Crippen molar-refractivity contribution in [1.82, 2.24) is 0 Å². The zero-order valence-corrected chi connectivity index (χ0v) is 8.73. The molecule has 0 radical (unpaired) electrons. The van der Waals surface area contributed by atoms with Crippen LogP contribution in [0.4, 0.5) is 0 Å². The van der Waals surface area contributed by atoms with Crippen molar-refractivity contribution >= 4 is 9.47 Å². The summed E-state index contributed by atoms with van der Waals surface area (Å²) in [6, 6.07) is 7.46. The van der Waals surface area contributed by atoms with Crippen molar-refractivity contribution in [2.24, 2.45) is 0 Å². The topological polar surface area (TPSA) is 29.5 Å². The largest absolute Gasteiger partial charge is 0.508 e. The molecular weight excluding hydrogens is 183 g/mol. The van der Waals surface area contributed by atoms with Crippen molar-refractivity contribution in [2.75, 3.05) is 6.61 Å². The van der Waals surface area contributed by atoms with E-state index in [0.717, 1.165) is 31.4 Å². The summed E-state index contributed by atoms with van der Waals surface area (Å²) in [6.07, 6.45) is 2.99. The third-order valence-corrected chi connectivity index (χ3v) is 2.19. The highest BCUT2D eigenvalue weighted by atomic mass is 31.0. The third kappa shape index (κ3) is 3.75. The molecule has 1 unspecified atom stereocenters. The third-order valence-electron chi connectivity index (χ3n) is 1.95. The first-order valence-corrected chi connectivity index (χ1v) is 4.90. The minimum atomic E-state index is 0.397. The SMILES string of the molecule is Oc1ccccc1CCCCOP. The Balaban J connectivity index is 2.32. The van der Waals surface area contributed by atoms with E-state index >= 15 is 0 Å². The van der Waals surface area contributed by atoms with Crippen molar-refractivity contribution in [1.29, 1.82) is 0 Å². The molecule has 2 nitrogen and oxygen atoms in total. The summed E-state index contributed by atoms with van der Waals surface area (Å²) in [5.74, 6) is 0.397. The maximum absolute atomic E-state index is 9.43. The molecule has 0 bridgehead atoms. The Kier molecular flexibility index (Phi) is 4.81. The van der Waals surface area contributed by atoms with Gasteiger partial charge in [-0.25, -0.2) is 0 Å². The van der Waals surface area contributed by atoms with E-state index in [1.807, 2.05) is 18.2 Å². The molecule has 72 valence electrons. The van der Waals surface area contributed by atoms with Gasteiger partial charge < -0.3 is 9.63 Å². The molecule has 0 amide bonds. The molecular formula is C10H15O2P. The molecule has 1 rings (SSSR count). The summed E-state index contributed by atoms with van der Waals surface area (Å²) >= 11 is 0. The van der Waals surface area contributed by atoms with Gasteiger partial charge in [0.05, 0.1) is 6.61 Å². The molecule has 0 spiro atoms. The number of phenolic OH excluding ortho intramolecular Hbond substituents is 1. The molecule has 3 heteroatoms. The van der Waals surface area contributed by atoms with E-state index in [-0.39, 0.29) is 0 Å². The highest BCUT2D eigenvalue weighted by molar-refractivity contribution is 7.09. The lowest BCUT2D eigenvalue weighted by Crippen LogP contribution is -1.89. The van der Waals surface area contributed by atoms with E-state index in [4.69, 9.17) is 4.52 Å². The highest BCUT2D eigenvalue weighted by Gasteiger charge is 1.98. The molecule has 1 N–H and O–H groups in total. The fraction of sp³-hybridized carbons (Fsp3) is 0.400. The predicted molar refractivity (Wildman–Crippen MR) is 56.7 cm³/mol.